The van der Waals surface area contributed by atoms with Crippen LogP contribution in [0, 0.1) is 0 Å². The maximum Gasteiger partial charge on any atom is 0.329 e. The summed E-state index contributed by atoms with van der Waals surface area (Å²) in [6, 6.07) is 8.65. The lowest BCUT2D eigenvalue weighted by Crippen LogP contribution is -2.61. The quantitative estimate of drug-likeness (QED) is 0.00601. The molecular formula is C61H83N19O13S2. The number of thiol groups is 2. The van der Waals surface area contributed by atoms with Gasteiger partial charge in [0.25, 0.3) is 0 Å². The third kappa shape index (κ3) is 25.6. The van der Waals surface area contributed by atoms with Crippen molar-refractivity contribution in [1.29, 1.82) is 0 Å². The van der Waals surface area contributed by atoms with Gasteiger partial charge in [-0.3, -0.25) is 57.9 Å². The molecule has 32 nitrogen and oxygen atoms in total. The molecule has 0 saturated heterocycles. The molecule has 95 heavy (non-hydrogen) atoms. The molecule has 9 atom stereocenters. The summed E-state index contributed by atoms with van der Waals surface area (Å²) in [5.74, 6) is -10.6. The number of nitrogens with two attached hydrogens (primary N) is 5. The zero-order valence-electron chi connectivity index (χ0n) is 52.3. The van der Waals surface area contributed by atoms with E-state index in [9.17, 15) is 57.8 Å². The van der Waals surface area contributed by atoms with E-state index in [1.54, 1.807) is 54.7 Å². The van der Waals surface area contributed by atoms with Crippen LogP contribution in [0.15, 0.2) is 108 Å². The van der Waals surface area contributed by atoms with E-state index in [2.05, 4.69) is 98.0 Å². The number of aromatic amines is 2. The van der Waals surface area contributed by atoms with E-state index in [0.717, 1.165) is 18.0 Å². The molecule has 0 fully saturated rings. The van der Waals surface area contributed by atoms with E-state index >= 15 is 0 Å². The van der Waals surface area contributed by atoms with Crippen LogP contribution in [0.25, 0.3) is 10.9 Å². The molecule has 0 spiro atoms. The minimum atomic E-state index is -1.65. The number of carbonyl (C=O) groups is 11. The Hall–Kier alpha value is -10.4. The topological polar surface area (TPSA) is 525 Å². The lowest BCUT2D eigenvalue weighted by Gasteiger charge is -2.28. The van der Waals surface area contributed by atoms with Gasteiger partial charge in [-0.2, -0.15) is 25.3 Å². The van der Waals surface area contributed by atoms with Crippen molar-refractivity contribution in [2.24, 2.45) is 38.7 Å². The van der Waals surface area contributed by atoms with Crippen molar-refractivity contribution in [3.05, 3.63) is 120 Å². The summed E-state index contributed by atoms with van der Waals surface area (Å²) >= 11 is 8.51. The van der Waals surface area contributed by atoms with Gasteiger partial charge in [0.15, 0.2) is 11.9 Å². The van der Waals surface area contributed by atoms with Crippen molar-refractivity contribution in [3.8, 4) is 5.75 Å². The van der Waals surface area contributed by atoms with Crippen molar-refractivity contribution in [3.63, 3.8) is 0 Å². The van der Waals surface area contributed by atoms with Crippen LogP contribution >= 0.6 is 25.3 Å². The summed E-state index contributed by atoms with van der Waals surface area (Å²) in [5, 5.41) is 34.1. The molecule has 0 aliphatic carbocycles. The van der Waals surface area contributed by atoms with E-state index < -0.39 is 138 Å². The number of amides is 10. The van der Waals surface area contributed by atoms with Crippen LogP contribution in [-0.2, 0) is 83.2 Å². The Kier molecular flexibility index (Phi) is 30.6. The zero-order valence-corrected chi connectivity index (χ0v) is 54.1. The van der Waals surface area contributed by atoms with Gasteiger partial charge in [0.2, 0.25) is 59.1 Å². The number of esters is 1. The van der Waals surface area contributed by atoms with Crippen molar-refractivity contribution in [2.45, 2.75) is 126 Å². The average molecular weight is 1350 g/mol. The van der Waals surface area contributed by atoms with Crippen molar-refractivity contribution in [2.75, 3.05) is 31.7 Å². The lowest BCUT2D eigenvalue weighted by atomic mass is 10.0. The highest BCUT2D eigenvalue weighted by molar-refractivity contribution is 7.80. The smallest absolute Gasteiger partial charge is 0.329 e. The van der Waals surface area contributed by atoms with Gasteiger partial charge in [-0.1, -0.05) is 60.7 Å². The maximum absolute atomic E-state index is 14.9. The van der Waals surface area contributed by atoms with Gasteiger partial charge in [-0.15, -0.1) is 0 Å². The van der Waals surface area contributed by atoms with Gasteiger partial charge in [0.1, 0.15) is 60.1 Å². The SMILES string of the molecule is COC(=O)[C@H](CS)NC(=O)[C@H](Cc1c[nH]c2ccccc12)NC(=O)[C@H](CCCN=C(N)N)NC(=O)[C@@H](Cc1ccccc1)NC(=O)[C@H](Cc1cnc[nH]1)NC(=O)[C@H](CCC(N)=O)NC(=O)[C@H](CS)NC(=O)[C@H](CCCN=C(N)N)NC(=O)[C@H](Cc1ccc(O)cc1)NC(C)=O. The Bertz CT molecular complexity index is 3480. The number of nitrogens with zero attached hydrogens (tertiary/aromatic N) is 3. The number of rotatable bonds is 39. The number of H-pyrrole nitrogens is 2. The molecule has 34 heteroatoms. The number of benzene rings is 3. The van der Waals surface area contributed by atoms with Gasteiger partial charge in [0, 0.05) is 92.6 Å². The standard InChI is InChI=1S/C61H83N19O13S2/c1-33(81)72-44(25-35-16-18-38(82)19-17-35)54(87)73-42(15-9-23-69-61(65)66)52(85)79-48(30-94)58(91)75-43(20-21-50(62)83)53(86)78-47(27-37-29-67-32-71-37)57(90)76-45(24-34-10-4-3-5-11-34)55(88)74-41(14-8-22-68-60(63)64)51(84)77-46(56(89)80-49(31-95)59(92)93-2)26-36-28-70-40-13-7-6-12-39(36)40/h3-7,10-13,16-19,28-29,32,41-49,70,82,94-95H,8-9,14-15,20-27,30-31H2,1-2H3,(H2,62,83)(H,67,71)(H,72,81)(H,73,87)(H,74,88)(H,75,91)(H,76,90)(H,77,84)(H,78,86)(H,79,85)(H,80,89)(H4,63,64,68)(H4,65,66,69)/t41-,42-,43-,44-,45+,46-,47-,48-,49-/m0/s1. The van der Waals surface area contributed by atoms with Crippen LogP contribution in [0.4, 0.5) is 0 Å². The van der Waals surface area contributed by atoms with E-state index in [-0.39, 0.29) is 87.9 Å². The number of primary amides is 1. The molecule has 0 aliphatic heterocycles. The van der Waals surface area contributed by atoms with Crippen LogP contribution in [0.1, 0.15) is 67.8 Å². The summed E-state index contributed by atoms with van der Waals surface area (Å²) in [7, 11) is 1.14. The first-order valence-electron chi connectivity index (χ1n) is 30.1. The molecule has 2 aromatic heterocycles. The number of nitrogens with one attached hydrogen (secondary N) is 11. The minimum absolute atomic E-state index is 0.00390. The molecule has 22 N–H and O–H groups in total. The predicted molar refractivity (Wildman–Crippen MR) is 357 cm³/mol. The number of ether oxygens (including phenoxy) is 1. The van der Waals surface area contributed by atoms with E-state index in [0.29, 0.717) is 22.4 Å². The van der Waals surface area contributed by atoms with E-state index in [1.165, 1.54) is 31.6 Å². The van der Waals surface area contributed by atoms with E-state index in [4.69, 9.17) is 33.4 Å². The fourth-order valence-corrected chi connectivity index (χ4v) is 10.2. The highest BCUT2D eigenvalue weighted by Crippen LogP contribution is 2.20. The molecule has 0 bridgehead atoms. The number of hydrogen-bond acceptors (Lipinski definition) is 18. The maximum atomic E-state index is 14.9. The molecule has 0 radical (unpaired) electrons. The van der Waals surface area contributed by atoms with Gasteiger partial charge in [-0.25, -0.2) is 9.78 Å². The summed E-state index contributed by atoms with van der Waals surface area (Å²) < 4.78 is 4.85. The Morgan fingerprint density at radius 3 is 1.43 bits per heavy atom. The number of phenols is 1. The molecule has 5 rings (SSSR count). The van der Waals surface area contributed by atoms with Crippen LogP contribution in [0.3, 0.4) is 0 Å². The molecule has 0 unspecified atom stereocenters. The first-order chi connectivity index (χ1) is 45.4. The van der Waals surface area contributed by atoms with Crippen LogP contribution in [-0.4, -0.2) is 183 Å². The summed E-state index contributed by atoms with van der Waals surface area (Å²) in [6.07, 6.45) is 2.78. The van der Waals surface area contributed by atoms with Crippen molar-refractivity contribution < 1.29 is 62.6 Å². The monoisotopic (exact) mass is 1350 g/mol. The highest BCUT2D eigenvalue weighted by atomic mass is 32.1. The van der Waals surface area contributed by atoms with Crippen molar-refractivity contribution in [1.82, 2.24) is 62.8 Å². The van der Waals surface area contributed by atoms with Gasteiger partial charge in [0.05, 0.1) is 13.4 Å². The second-order valence-electron chi connectivity index (χ2n) is 21.9. The average Bonchev–Trinajstić information content (AvgIpc) is 1.76. The molecular weight excluding hydrogens is 1270 g/mol. The van der Waals surface area contributed by atoms with Gasteiger partial charge in [-0.05, 0) is 67.0 Å². The second kappa shape index (κ2) is 38.6. The molecule has 512 valence electrons. The number of imidazole rings is 1. The number of aromatic nitrogens is 3. The number of aliphatic imine (C=N–C) groups is 2. The fraction of sp³-hybridized carbons (Fsp3) is 0.410. The first kappa shape index (κ1) is 75.3. The molecule has 0 aliphatic rings. The van der Waals surface area contributed by atoms with Gasteiger partial charge < -0.3 is 96.3 Å². The molecule has 3 aromatic carbocycles. The number of carbonyl (C=O) groups excluding carboxylic acids is 11. The zero-order chi connectivity index (χ0) is 69.6. The molecule has 2 heterocycles. The van der Waals surface area contributed by atoms with E-state index in [1.807, 2.05) is 18.2 Å². The third-order valence-electron chi connectivity index (χ3n) is 14.6. The van der Waals surface area contributed by atoms with Crippen molar-refractivity contribution >= 4 is 113 Å². The van der Waals surface area contributed by atoms with Crippen LogP contribution in [0.5, 0.6) is 5.75 Å². The number of para-hydroxylation sites is 1. The second-order valence-corrected chi connectivity index (χ2v) is 22.7. The molecule has 10 amide bonds. The largest absolute Gasteiger partial charge is 0.508 e. The Morgan fingerprint density at radius 1 is 0.516 bits per heavy atom. The van der Waals surface area contributed by atoms with Crippen LogP contribution in [0.2, 0.25) is 0 Å². The molecule has 5 aromatic rings. The Labute approximate surface area is 557 Å². The summed E-state index contributed by atoms with van der Waals surface area (Å²) in [4.78, 5) is 171. The summed E-state index contributed by atoms with van der Waals surface area (Å²) in [6.45, 7) is 1.22. The van der Waals surface area contributed by atoms with Crippen LogP contribution < -0.4 is 76.5 Å². The fourth-order valence-electron chi connectivity index (χ4n) is 9.73. The van der Waals surface area contributed by atoms with Gasteiger partial charge >= 0.3 is 5.97 Å². The summed E-state index contributed by atoms with van der Waals surface area (Å²) in [5.41, 5.74) is 30.5. The number of guanidine groups is 2. The Morgan fingerprint density at radius 2 is 0.947 bits per heavy atom. The lowest BCUT2D eigenvalue weighted by molar-refractivity contribution is -0.144. The number of fused-ring (bicyclic) bond motifs is 1. The predicted octanol–water partition coefficient (Wildman–Crippen LogP) is -3.34. The Balaban J connectivity index is 1.42. The number of phenolic OH excluding ortho intramolecular Hbond substituents is 1. The highest BCUT2D eigenvalue weighted by Gasteiger charge is 2.36. The third-order valence-corrected chi connectivity index (χ3v) is 15.3. The number of aromatic hydroxyl groups is 1. The first-order valence-corrected chi connectivity index (χ1v) is 31.4. The minimum Gasteiger partial charge on any atom is -0.508 e. The normalized spacial score (nSPS) is 13.8. The number of hydrogen-bond donors (Lipinski definition) is 19. The molecule has 0 saturated carbocycles. The number of methoxy groups -OCH3 is 1.